The van der Waals surface area contributed by atoms with Crippen molar-refractivity contribution < 1.29 is 9.53 Å². The highest BCUT2D eigenvalue weighted by Crippen LogP contribution is 2.38. The van der Waals surface area contributed by atoms with Crippen LogP contribution in [0.4, 0.5) is 11.4 Å². The molecular formula is C30H26Cl2N2O2S2. The van der Waals surface area contributed by atoms with Crippen molar-refractivity contribution in [2.75, 3.05) is 34.8 Å². The molecule has 0 saturated heterocycles. The van der Waals surface area contributed by atoms with Crippen molar-refractivity contribution in [3.8, 4) is 5.75 Å². The summed E-state index contributed by atoms with van der Waals surface area (Å²) in [5, 5.41) is 3.99. The Kier molecular flexibility index (Phi) is 9.07. The second kappa shape index (κ2) is 12.9. The van der Waals surface area contributed by atoms with Crippen LogP contribution in [0.15, 0.2) is 101 Å². The van der Waals surface area contributed by atoms with Crippen LogP contribution in [0.5, 0.6) is 5.75 Å². The number of amides is 1. The van der Waals surface area contributed by atoms with Crippen LogP contribution >= 0.6 is 46.7 Å². The summed E-state index contributed by atoms with van der Waals surface area (Å²) < 4.78 is 5.80. The maximum Gasteiger partial charge on any atom is 0.258 e. The molecule has 4 aromatic rings. The van der Waals surface area contributed by atoms with E-state index in [4.69, 9.17) is 27.9 Å². The van der Waals surface area contributed by atoms with E-state index in [2.05, 4.69) is 29.6 Å². The van der Waals surface area contributed by atoms with Gasteiger partial charge in [0, 0.05) is 45.6 Å². The Morgan fingerprint density at radius 2 is 1.50 bits per heavy atom. The lowest BCUT2D eigenvalue weighted by molar-refractivity contribution is 0.0987. The summed E-state index contributed by atoms with van der Waals surface area (Å²) in [6.07, 6.45) is 0. The van der Waals surface area contributed by atoms with Crippen LogP contribution in [0.2, 0.25) is 10.0 Å². The molecule has 0 atom stereocenters. The molecule has 0 radical (unpaired) electrons. The molecule has 1 N–H and O–H groups in total. The van der Waals surface area contributed by atoms with Crippen molar-refractivity contribution in [1.82, 2.24) is 0 Å². The van der Waals surface area contributed by atoms with Crippen LogP contribution in [-0.2, 0) is 6.61 Å². The molecule has 194 valence electrons. The van der Waals surface area contributed by atoms with Gasteiger partial charge >= 0.3 is 0 Å². The highest BCUT2D eigenvalue weighted by atomic mass is 35.5. The molecule has 0 spiro atoms. The topological polar surface area (TPSA) is 41.6 Å². The molecule has 0 fully saturated rings. The number of nitrogens with zero attached hydrogens (tertiary/aromatic N) is 1. The quantitative estimate of drug-likeness (QED) is 0.262. The first-order valence-corrected chi connectivity index (χ1v) is 15.0. The average Bonchev–Trinajstić information content (AvgIpc) is 2.97. The molecule has 2 aliphatic heterocycles. The number of fused-ring (bicyclic) bond motifs is 2. The molecule has 0 saturated carbocycles. The van der Waals surface area contributed by atoms with Crippen molar-refractivity contribution in [1.29, 1.82) is 0 Å². The average molecular weight is 582 g/mol. The molecule has 0 unspecified atom stereocenters. The first kappa shape index (κ1) is 26.8. The minimum absolute atomic E-state index is 0.119. The fourth-order valence-electron chi connectivity index (χ4n) is 4.17. The van der Waals surface area contributed by atoms with Gasteiger partial charge in [-0.05, 0) is 42.0 Å². The van der Waals surface area contributed by atoms with E-state index in [0.717, 1.165) is 28.4 Å². The van der Waals surface area contributed by atoms with Crippen molar-refractivity contribution in [3.63, 3.8) is 0 Å². The zero-order valence-corrected chi connectivity index (χ0v) is 23.7. The number of carbonyl (C=O) groups excluding carboxylic acids is 1. The number of hydrogen-bond acceptors (Lipinski definition) is 5. The molecule has 0 aromatic heterocycles. The SMILES string of the molecule is O=C(c1cc(Cl)c(OCc2ccccc2)c(Cl)c1)N1CCSc2ccccc21.c1ccc2c(c1)NCCS2. The molecule has 0 bridgehead atoms. The van der Waals surface area contributed by atoms with Gasteiger partial charge in [-0.1, -0.05) is 77.8 Å². The lowest BCUT2D eigenvalue weighted by Crippen LogP contribution is -2.35. The van der Waals surface area contributed by atoms with Gasteiger partial charge in [0.05, 0.1) is 15.7 Å². The van der Waals surface area contributed by atoms with Gasteiger partial charge in [0.25, 0.3) is 5.91 Å². The van der Waals surface area contributed by atoms with E-state index in [-0.39, 0.29) is 5.91 Å². The Morgan fingerprint density at radius 3 is 2.26 bits per heavy atom. The van der Waals surface area contributed by atoms with E-state index in [0.29, 0.717) is 34.5 Å². The van der Waals surface area contributed by atoms with Crippen molar-refractivity contribution in [2.45, 2.75) is 16.4 Å². The van der Waals surface area contributed by atoms with Gasteiger partial charge in [-0.25, -0.2) is 0 Å². The predicted molar refractivity (Wildman–Crippen MR) is 162 cm³/mol. The number of rotatable bonds is 4. The summed E-state index contributed by atoms with van der Waals surface area (Å²) in [6, 6.07) is 29.3. The van der Waals surface area contributed by atoms with Gasteiger partial charge in [0.15, 0.2) is 5.75 Å². The summed E-state index contributed by atoms with van der Waals surface area (Å²) in [5.41, 5.74) is 3.67. The molecular weight excluding hydrogens is 555 g/mol. The van der Waals surface area contributed by atoms with Crippen molar-refractivity contribution in [2.24, 2.45) is 0 Å². The van der Waals surface area contributed by atoms with Crippen LogP contribution < -0.4 is 15.0 Å². The minimum atomic E-state index is -0.119. The Morgan fingerprint density at radius 1 is 0.842 bits per heavy atom. The van der Waals surface area contributed by atoms with E-state index in [1.54, 1.807) is 28.8 Å². The molecule has 38 heavy (non-hydrogen) atoms. The second-order valence-electron chi connectivity index (χ2n) is 8.59. The van der Waals surface area contributed by atoms with Crippen LogP contribution in [0.3, 0.4) is 0 Å². The third kappa shape index (κ3) is 6.44. The smallest absolute Gasteiger partial charge is 0.258 e. The Balaban J connectivity index is 0.000000244. The molecule has 4 aromatic carbocycles. The number of carbonyl (C=O) groups is 1. The second-order valence-corrected chi connectivity index (χ2v) is 11.7. The van der Waals surface area contributed by atoms with Crippen molar-refractivity contribution >= 4 is 64.0 Å². The summed E-state index contributed by atoms with van der Waals surface area (Å²) in [6.45, 7) is 2.09. The molecule has 1 amide bonds. The van der Waals surface area contributed by atoms with E-state index in [1.807, 2.05) is 66.4 Å². The van der Waals surface area contributed by atoms with Gasteiger partial charge < -0.3 is 15.0 Å². The molecule has 8 heteroatoms. The molecule has 0 aliphatic carbocycles. The lowest BCUT2D eigenvalue weighted by atomic mass is 10.1. The third-order valence-electron chi connectivity index (χ3n) is 6.01. The standard InChI is InChI=1S/C22H17Cl2NO2S.C8H9NS/c23-17-12-16(13-18(24)21(17)27-14-15-6-2-1-3-7-15)22(26)25-10-11-28-20-9-5-4-8-19(20)25;1-2-4-8-7(3-1)9-5-6-10-8/h1-9,12-13H,10-11,14H2;1-4,9H,5-6H2. The van der Waals surface area contributed by atoms with Crippen LogP contribution in [0.1, 0.15) is 15.9 Å². The van der Waals surface area contributed by atoms with Crippen LogP contribution in [0, 0.1) is 0 Å². The fourth-order valence-corrected chi connectivity index (χ4v) is 6.66. The number of para-hydroxylation sites is 2. The monoisotopic (exact) mass is 580 g/mol. The van der Waals surface area contributed by atoms with Crippen molar-refractivity contribution in [3.05, 3.63) is 112 Å². The summed E-state index contributed by atoms with van der Waals surface area (Å²) in [5.74, 6) is 2.31. The number of benzene rings is 4. The molecule has 2 aliphatic rings. The van der Waals surface area contributed by atoms with Crippen LogP contribution in [0.25, 0.3) is 0 Å². The Labute approximate surface area is 241 Å². The summed E-state index contributed by atoms with van der Waals surface area (Å²) >= 11 is 16.5. The Bertz CT molecular complexity index is 1370. The molecule has 2 heterocycles. The first-order chi connectivity index (χ1) is 18.6. The number of anilines is 2. The normalized spacial score (nSPS) is 13.8. The highest BCUT2D eigenvalue weighted by molar-refractivity contribution is 7.99. The number of halogens is 2. The maximum atomic E-state index is 13.1. The summed E-state index contributed by atoms with van der Waals surface area (Å²) in [4.78, 5) is 17.4. The number of hydrogen-bond donors (Lipinski definition) is 1. The van der Waals surface area contributed by atoms with Crippen LogP contribution in [-0.4, -0.2) is 30.5 Å². The maximum absolute atomic E-state index is 13.1. The fraction of sp³-hybridized carbons (Fsp3) is 0.167. The number of thioether (sulfide) groups is 2. The van der Waals surface area contributed by atoms with Gasteiger partial charge in [-0.15, -0.1) is 23.5 Å². The molecule has 4 nitrogen and oxygen atoms in total. The van der Waals surface area contributed by atoms with Gasteiger partial charge in [-0.2, -0.15) is 0 Å². The minimum Gasteiger partial charge on any atom is -0.486 e. The molecule has 6 rings (SSSR count). The zero-order valence-electron chi connectivity index (χ0n) is 20.5. The predicted octanol–water partition coefficient (Wildman–Crippen LogP) is 8.53. The number of nitrogens with one attached hydrogen (secondary N) is 1. The summed E-state index contributed by atoms with van der Waals surface area (Å²) in [7, 11) is 0. The van der Waals surface area contributed by atoms with E-state index < -0.39 is 0 Å². The van der Waals surface area contributed by atoms with Gasteiger partial charge in [0.1, 0.15) is 6.61 Å². The number of ether oxygens (including phenoxy) is 1. The third-order valence-corrected chi connectivity index (χ3v) is 8.69. The zero-order chi connectivity index (χ0) is 26.3. The first-order valence-electron chi connectivity index (χ1n) is 12.3. The van der Waals surface area contributed by atoms with E-state index in [9.17, 15) is 4.79 Å². The largest absolute Gasteiger partial charge is 0.486 e. The lowest BCUT2D eigenvalue weighted by Gasteiger charge is -2.29. The highest BCUT2D eigenvalue weighted by Gasteiger charge is 2.25. The van der Waals surface area contributed by atoms with E-state index in [1.165, 1.54) is 16.3 Å². The van der Waals surface area contributed by atoms with Gasteiger partial charge in [0.2, 0.25) is 0 Å². The Hall–Kier alpha value is -2.77. The van der Waals surface area contributed by atoms with E-state index >= 15 is 0 Å². The van der Waals surface area contributed by atoms with Gasteiger partial charge in [-0.3, -0.25) is 4.79 Å².